The molecule has 0 unspecified atom stereocenters. The lowest BCUT2D eigenvalue weighted by molar-refractivity contribution is -0.0887. The van der Waals surface area contributed by atoms with Gasteiger partial charge in [-0.3, -0.25) is 0 Å². The summed E-state index contributed by atoms with van der Waals surface area (Å²) in [7, 11) is 0. The number of alkyl halides is 3. The molecule has 1 aliphatic rings. The lowest BCUT2D eigenvalue weighted by Gasteiger charge is -2.14. The van der Waals surface area contributed by atoms with Gasteiger partial charge in [0, 0.05) is 6.54 Å². The molecule has 68 valence electrons. The second-order valence-electron chi connectivity index (χ2n) is 2.70. The molecule has 0 aromatic rings. The Morgan fingerprint density at radius 2 is 2.08 bits per heavy atom. The third kappa shape index (κ3) is 2.11. The zero-order valence-electron chi connectivity index (χ0n) is 6.49. The lowest BCUT2D eigenvalue weighted by atomic mass is 9.99. The monoisotopic (exact) mass is 177 g/mol. The predicted molar refractivity (Wildman–Crippen MR) is 40.5 cm³/mol. The molecule has 0 aromatic carbocycles. The molecule has 0 saturated carbocycles. The molecule has 1 rings (SSSR count). The Morgan fingerprint density at radius 1 is 1.42 bits per heavy atom. The van der Waals surface area contributed by atoms with E-state index in [9.17, 15) is 13.2 Å². The van der Waals surface area contributed by atoms with Gasteiger partial charge in [-0.1, -0.05) is 11.6 Å². The average molecular weight is 177 g/mol. The second kappa shape index (κ2) is 3.31. The van der Waals surface area contributed by atoms with E-state index in [2.05, 4.69) is 0 Å². The molecular weight excluding hydrogens is 167 g/mol. The highest BCUT2D eigenvalue weighted by Gasteiger charge is 2.32. The van der Waals surface area contributed by atoms with Gasteiger partial charge in [0.2, 0.25) is 0 Å². The van der Waals surface area contributed by atoms with E-state index < -0.39 is 11.7 Å². The van der Waals surface area contributed by atoms with Crippen LogP contribution in [0, 0.1) is 0 Å². The van der Waals surface area contributed by atoms with E-state index in [1.807, 2.05) is 0 Å². The van der Waals surface area contributed by atoms with Gasteiger partial charge in [-0.05, 0) is 18.9 Å². The molecule has 0 atom stereocenters. The molecule has 4 heteroatoms. The fraction of sp³-hybridized carbons (Fsp3) is 0.500. The maximum atomic E-state index is 12.1. The van der Waals surface area contributed by atoms with Crippen molar-refractivity contribution < 1.29 is 13.2 Å². The van der Waals surface area contributed by atoms with Crippen LogP contribution in [0.15, 0.2) is 23.3 Å². The van der Waals surface area contributed by atoms with Crippen molar-refractivity contribution in [2.45, 2.75) is 19.0 Å². The second-order valence-corrected chi connectivity index (χ2v) is 2.70. The van der Waals surface area contributed by atoms with Gasteiger partial charge < -0.3 is 5.73 Å². The summed E-state index contributed by atoms with van der Waals surface area (Å²) in [6, 6.07) is 0. The Hall–Kier alpha value is -0.770. The summed E-state index contributed by atoms with van der Waals surface area (Å²) in [4.78, 5) is 0. The molecule has 1 nitrogen and oxygen atoms in total. The minimum absolute atomic E-state index is 0.216. The summed E-state index contributed by atoms with van der Waals surface area (Å²) in [5.74, 6) is 0. The predicted octanol–water partition coefficient (Wildman–Crippen LogP) is 2.15. The Bertz CT molecular complexity index is 225. The van der Waals surface area contributed by atoms with E-state index in [1.165, 1.54) is 6.08 Å². The van der Waals surface area contributed by atoms with Crippen LogP contribution in [0.1, 0.15) is 12.8 Å². The largest absolute Gasteiger partial charge is 0.416 e. The molecule has 0 saturated heterocycles. The van der Waals surface area contributed by atoms with Crippen molar-refractivity contribution >= 4 is 0 Å². The van der Waals surface area contributed by atoms with Crippen LogP contribution >= 0.6 is 0 Å². The number of nitrogens with two attached hydrogens (primary N) is 1. The quantitative estimate of drug-likeness (QED) is 0.652. The van der Waals surface area contributed by atoms with E-state index in [1.54, 1.807) is 0 Å². The SMILES string of the molecule is NCC1=CC(C(F)(F)F)=CCC1. The molecule has 12 heavy (non-hydrogen) atoms. The molecule has 0 aliphatic heterocycles. The van der Waals surface area contributed by atoms with Crippen molar-refractivity contribution in [1.82, 2.24) is 0 Å². The van der Waals surface area contributed by atoms with Gasteiger partial charge in [0.1, 0.15) is 0 Å². The average Bonchev–Trinajstić information content (AvgIpc) is 2.03. The van der Waals surface area contributed by atoms with E-state index in [0.29, 0.717) is 18.4 Å². The summed E-state index contributed by atoms with van der Waals surface area (Å²) >= 11 is 0. The van der Waals surface area contributed by atoms with Gasteiger partial charge in [0.05, 0.1) is 5.57 Å². The molecule has 2 N–H and O–H groups in total. The van der Waals surface area contributed by atoms with Crippen LogP contribution in [0.25, 0.3) is 0 Å². The molecule has 0 spiro atoms. The van der Waals surface area contributed by atoms with Crippen molar-refractivity contribution in [3.63, 3.8) is 0 Å². The van der Waals surface area contributed by atoms with E-state index >= 15 is 0 Å². The maximum Gasteiger partial charge on any atom is 0.416 e. The molecular formula is C8H10F3N. The molecule has 0 fully saturated rings. The molecule has 1 aliphatic carbocycles. The smallest absolute Gasteiger partial charge is 0.327 e. The Balaban J connectivity index is 2.80. The Morgan fingerprint density at radius 3 is 2.58 bits per heavy atom. The molecule has 0 radical (unpaired) electrons. The van der Waals surface area contributed by atoms with Gasteiger partial charge in [-0.25, -0.2) is 0 Å². The van der Waals surface area contributed by atoms with Crippen LogP contribution < -0.4 is 5.73 Å². The number of hydrogen-bond acceptors (Lipinski definition) is 1. The summed E-state index contributed by atoms with van der Waals surface area (Å²) < 4.78 is 36.3. The van der Waals surface area contributed by atoms with Gasteiger partial charge in [0.15, 0.2) is 0 Å². The van der Waals surface area contributed by atoms with Crippen molar-refractivity contribution in [3.8, 4) is 0 Å². The van der Waals surface area contributed by atoms with Gasteiger partial charge in [-0.2, -0.15) is 13.2 Å². The summed E-state index contributed by atoms with van der Waals surface area (Å²) in [5.41, 5.74) is 5.36. The maximum absolute atomic E-state index is 12.1. The fourth-order valence-corrected chi connectivity index (χ4v) is 1.12. The van der Waals surface area contributed by atoms with E-state index in [-0.39, 0.29) is 6.54 Å². The number of hydrogen-bond donors (Lipinski definition) is 1. The standard InChI is InChI=1S/C8H10F3N/c9-8(10,11)7-3-1-2-6(4-7)5-12/h3-4H,1-2,5,12H2. The van der Waals surface area contributed by atoms with Crippen LogP contribution in [0.5, 0.6) is 0 Å². The van der Waals surface area contributed by atoms with Gasteiger partial charge >= 0.3 is 6.18 Å². The first-order chi connectivity index (χ1) is 5.54. The van der Waals surface area contributed by atoms with Crippen LogP contribution in [0.4, 0.5) is 13.2 Å². The summed E-state index contributed by atoms with van der Waals surface area (Å²) in [6.45, 7) is 0.216. The van der Waals surface area contributed by atoms with Crippen LogP contribution in [0.3, 0.4) is 0 Å². The highest BCUT2D eigenvalue weighted by Crippen LogP contribution is 2.31. The third-order valence-corrected chi connectivity index (χ3v) is 1.78. The molecule has 0 bridgehead atoms. The highest BCUT2D eigenvalue weighted by atomic mass is 19.4. The van der Waals surface area contributed by atoms with Crippen molar-refractivity contribution in [3.05, 3.63) is 23.3 Å². The number of halogens is 3. The van der Waals surface area contributed by atoms with E-state index in [0.717, 1.165) is 6.08 Å². The lowest BCUT2D eigenvalue weighted by Crippen LogP contribution is -2.14. The van der Waals surface area contributed by atoms with Crippen LogP contribution in [0.2, 0.25) is 0 Å². The minimum atomic E-state index is -4.22. The number of allylic oxidation sites excluding steroid dienone is 3. The zero-order chi connectivity index (χ0) is 9.19. The van der Waals surface area contributed by atoms with Gasteiger partial charge in [-0.15, -0.1) is 0 Å². The first kappa shape index (κ1) is 9.32. The van der Waals surface area contributed by atoms with Crippen molar-refractivity contribution in [2.24, 2.45) is 5.73 Å². The summed E-state index contributed by atoms with van der Waals surface area (Å²) in [6.07, 6.45) is -0.780. The Kier molecular flexibility index (Phi) is 2.57. The van der Waals surface area contributed by atoms with Crippen molar-refractivity contribution in [2.75, 3.05) is 6.54 Å². The zero-order valence-corrected chi connectivity index (χ0v) is 6.49. The first-order valence-corrected chi connectivity index (χ1v) is 3.71. The minimum Gasteiger partial charge on any atom is -0.327 e. The van der Waals surface area contributed by atoms with Crippen LogP contribution in [-0.2, 0) is 0 Å². The molecule has 0 amide bonds. The van der Waals surface area contributed by atoms with Crippen molar-refractivity contribution in [1.29, 1.82) is 0 Å². The fourth-order valence-electron chi connectivity index (χ4n) is 1.12. The topological polar surface area (TPSA) is 26.0 Å². The first-order valence-electron chi connectivity index (χ1n) is 3.71. The van der Waals surface area contributed by atoms with Gasteiger partial charge in [0.25, 0.3) is 0 Å². The summed E-state index contributed by atoms with van der Waals surface area (Å²) in [5, 5.41) is 0. The molecule has 0 heterocycles. The third-order valence-electron chi connectivity index (χ3n) is 1.78. The van der Waals surface area contributed by atoms with E-state index in [4.69, 9.17) is 5.73 Å². The van der Waals surface area contributed by atoms with Crippen LogP contribution in [-0.4, -0.2) is 12.7 Å². The Labute approximate surface area is 68.7 Å². The number of rotatable bonds is 1. The highest BCUT2D eigenvalue weighted by molar-refractivity contribution is 5.31. The normalized spacial score (nSPS) is 18.7. The molecule has 0 aromatic heterocycles.